The van der Waals surface area contributed by atoms with Crippen molar-refractivity contribution in [3.8, 4) is 0 Å². The van der Waals surface area contributed by atoms with Gasteiger partial charge in [0.1, 0.15) is 5.82 Å². The molecule has 0 aliphatic carbocycles. The van der Waals surface area contributed by atoms with E-state index in [2.05, 4.69) is 20.5 Å². The van der Waals surface area contributed by atoms with E-state index < -0.39 is 0 Å². The summed E-state index contributed by atoms with van der Waals surface area (Å²) in [6, 6.07) is 0. The topological polar surface area (TPSA) is 83.8 Å². The molecule has 1 amide bonds. The Hall–Kier alpha value is -2.11. The van der Waals surface area contributed by atoms with Gasteiger partial charge in [-0.3, -0.25) is 9.89 Å². The predicted molar refractivity (Wildman–Crippen MR) is 57.2 cm³/mol. The third-order valence-corrected chi connectivity index (χ3v) is 2.29. The molecule has 0 saturated carbocycles. The summed E-state index contributed by atoms with van der Waals surface area (Å²) in [6.45, 7) is 3.70. The van der Waals surface area contributed by atoms with Crippen molar-refractivity contribution in [1.82, 2.24) is 15.2 Å². The third kappa shape index (κ3) is 1.81. The number of aromatic amines is 1. The predicted octanol–water partition coefficient (Wildman–Crippen LogP) is 1.52. The van der Waals surface area contributed by atoms with E-state index in [0.717, 1.165) is 12.0 Å². The largest absolute Gasteiger partial charge is 0.438 e. The lowest BCUT2D eigenvalue weighted by atomic mass is 10.2. The van der Waals surface area contributed by atoms with Gasteiger partial charge < -0.3 is 9.73 Å². The number of nitrogens with one attached hydrogen (secondary N) is 2. The third-order valence-electron chi connectivity index (χ3n) is 2.29. The zero-order chi connectivity index (χ0) is 11.5. The van der Waals surface area contributed by atoms with Crippen LogP contribution >= 0.6 is 0 Å². The van der Waals surface area contributed by atoms with Gasteiger partial charge in [0.15, 0.2) is 6.39 Å². The smallest absolute Gasteiger partial charge is 0.294 e. The van der Waals surface area contributed by atoms with Crippen molar-refractivity contribution in [2.45, 2.75) is 20.3 Å². The van der Waals surface area contributed by atoms with Crippen LogP contribution in [-0.4, -0.2) is 21.1 Å². The molecule has 2 rings (SSSR count). The monoisotopic (exact) mass is 220 g/mol. The Bertz CT molecular complexity index is 500. The molecule has 0 spiro atoms. The van der Waals surface area contributed by atoms with Gasteiger partial charge in [-0.25, -0.2) is 4.98 Å². The molecule has 16 heavy (non-hydrogen) atoms. The average Bonchev–Trinajstić information content (AvgIpc) is 2.86. The second-order valence-electron chi connectivity index (χ2n) is 3.34. The van der Waals surface area contributed by atoms with Gasteiger partial charge in [-0.15, -0.1) is 0 Å². The van der Waals surface area contributed by atoms with Crippen molar-refractivity contribution in [3.05, 3.63) is 29.6 Å². The first-order chi connectivity index (χ1) is 7.72. The number of hydrogen-bond donors (Lipinski definition) is 2. The van der Waals surface area contributed by atoms with E-state index in [9.17, 15) is 4.79 Å². The van der Waals surface area contributed by atoms with Crippen LogP contribution in [0.5, 0.6) is 0 Å². The molecule has 0 bridgehead atoms. The van der Waals surface area contributed by atoms with E-state index in [0.29, 0.717) is 11.5 Å². The van der Waals surface area contributed by atoms with Crippen LogP contribution in [0.3, 0.4) is 0 Å². The van der Waals surface area contributed by atoms with Crippen LogP contribution in [0, 0.1) is 6.92 Å². The summed E-state index contributed by atoms with van der Waals surface area (Å²) >= 11 is 0. The maximum Gasteiger partial charge on any atom is 0.294 e. The molecule has 2 N–H and O–H groups in total. The number of oxazole rings is 1. The summed E-state index contributed by atoms with van der Waals surface area (Å²) in [7, 11) is 0. The fraction of sp³-hybridized carbons (Fsp3) is 0.300. The highest BCUT2D eigenvalue weighted by Gasteiger charge is 2.15. The number of nitrogens with zero attached hydrogens (tertiary/aromatic N) is 2. The molecule has 6 heteroatoms. The molecule has 0 fully saturated rings. The van der Waals surface area contributed by atoms with E-state index in [1.165, 1.54) is 6.39 Å². The Balaban J connectivity index is 2.17. The van der Waals surface area contributed by atoms with Crippen molar-refractivity contribution >= 4 is 11.7 Å². The molecule has 2 heterocycles. The van der Waals surface area contributed by atoms with E-state index in [-0.39, 0.29) is 11.7 Å². The van der Waals surface area contributed by atoms with E-state index in [1.807, 2.05) is 6.92 Å². The number of rotatable bonds is 3. The molecule has 0 radical (unpaired) electrons. The van der Waals surface area contributed by atoms with E-state index in [4.69, 9.17) is 4.42 Å². The van der Waals surface area contributed by atoms with Crippen molar-refractivity contribution in [2.75, 3.05) is 5.32 Å². The first-order valence-corrected chi connectivity index (χ1v) is 4.96. The van der Waals surface area contributed by atoms with Gasteiger partial charge >= 0.3 is 0 Å². The number of H-pyrrole nitrogens is 1. The van der Waals surface area contributed by atoms with Crippen LogP contribution < -0.4 is 5.32 Å². The zero-order valence-corrected chi connectivity index (χ0v) is 9.07. The molecule has 0 unspecified atom stereocenters. The van der Waals surface area contributed by atoms with Gasteiger partial charge in [-0.1, -0.05) is 6.92 Å². The minimum Gasteiger partial charge on any atom is -0.438 e. The van der Waals surface area contributed by atoms with Crippen molar-refractivity contribution < 1.29 is 9.21 Å². The Labute approximate surface area is 92.1 Å². The highest BCUT2D eigenvalue weighted by molar-refractivity contribution is 6.02. The molecule has 2 aromatic rings. The van der Waals surface area contributed by atoms with Crippen molar-refractivity contribution in [2.24, 2.45) is 0 Å². The minimum atomic E-state index is -0.325. The summed E-state index contributed by atoms with van der Waals surface area (Å²) < 4.78 is 4.99. The Kier molecular flexibility index (Phi) is 2.72. The van der Waals surface area contributed by atoms with Crippen molar-refractivity contribution in [1.29, 1.82) is 0 Å². The fourth-order valence-corrected chi connectivity index (χ4v) is 1.38. The zero-order valence-electron chi connectivity index (χ0n) is 9.07. The molecule has 84 valence electrons. The molecule has 0 saturated heterocycles. The Morgan fingerprint density at radius 2 is 2.44 bits per heavy atom. The SMILES string of the molecule is CCc1cn[nH]c1NC(=O)c1ocnc1C. The number of carbonyl (C=O) groups excluding carboxylic acids is 1. The molecule has 2 aromatic heterocycles. The Morgan fingerprint density at radius 3 is 3.06 bits per heavy atom. The highest BCUT2D eigenvalue weighted by atomic mass is 16.3. The second-order valence-corrected chi connectivity index (χ2v) is 3.34. The van der Waals surface area contributed by atoms with Gasteiger partial charge in [-0.05, 0) is 13.3 Å². The first-order valence-electron chi connectivity index (χ1n) is 4.96. The quantitative estimate of drug-likeness (QED) is 0.821. The number of hydrogen-bond acceptors (Lipinski definition) is 4. The number of aromatic nitrogens is 3. The first kappa shape index (κ1) is 10.4. The molecule has 6 nitrogen and oxygen atoms in total. The van der Waals surface area contributed by atoms with Crippen LogP contribution in [0.1, 0.15) is 28.7 Å². The van der Waals surface area contributed by atoms with Gasteiger partial charge in [0.2, 0.25) is 5.76 Å². The number of amides is 1. The molecular formula is C10H12N4O2. The lowest BCUT2D eigenvalue weighted by Crippen LogP contribution is -2.13. The van der Waals surface area contributed by atoms with Crippen LogP contribution in [0.25, 0.3) is 0 Å². The summed E-state index contributed by atoms with van der Waals surface area (Å²) in [5.41, 5.74) is 1.51. The molecule has 0 aliphatic heterocycles. The summed E-state index contributed by atoms with van der Waals surface area (Å²) in [6.07, 6.45) is 3.72. The average molecular weight is 220 g/mol. The summed E-state index contributed by atoms with van der Waals surface area (Å²) in [5.74, 6) is 0.494. The number of carbonyl (C=O) groups is 1. The fourth-order valence-electron chi connectivity index (χ4n) is 1.38. The van der Waals surface area contributed by atoms with Crippen LogP contribution in [0.2, 0.25) is 0 Å². The minimum absolute atomic E-state index is 0.219. The molecular weight excluding hydrogens is 208 g/mol. The van der Waals surface area contributed by atoms with Crippen LogP contribution in [0.4, 0.5) is 5.82 Å². The standard InChI is InChI=1S/C10H12N4O2/c1-3-7-4-12-14-9(7)13-10(15)8-6(2)11-5-16-8/h4-5H,3H2,1-2H3,(H2,12,13,14,15). The maximum absolute atomic E-state index is 11.8. The van der Waals surface area contributed by atoms with E-state index in [1.54, 1.807) is 13.1 Å². The second kappa shape index (κ2) is 4.18. The van der Waals surface area contributed by atoms with Crippen molar-refractivity contribution in [3.63, 3.8) is 0 Å². The van der Waals surface area contributed by atoms with Gasteiger partial charge in [0.05, 0.1) is 11.9 Å². The molecule has 0 aromatic carbocycles. The van der Waals surface area contributed by atoms with Gasteiger partial charge in [-0.2, -0.15) is 5.10 Å². The number of aryl methyl sites for hydroxylation is 2. The summed E-state index contributed by atoms with van der Waals surface area (Å²) in [4.78, 5) is 15.6. The van der Waals surface area contributed by atoms with Crippen LogP contribution in [0.15, 0.2) is 17.0 Å². The van der Waals surface area contributed by atoms with E-state index >= 15 is 0 Å². The lowest BCUT2D eigenvalue weighted by Gasteiger charge is -2.02. The van der Waals surface area contributed by atoms with Gasteiger partial charge in [0, 0.05) is 5.56 Å². The van der Waals surface area contributed by atoms with Gasteiger partial charge in [0.25, 0.3) is 5.91 Å². The Morgan fingerprint density at radius 1 is 1.62 bits per heavy atom. The maximum atomic E-state index is 11.8. The lowest BCUT2D eigenvalue weighted by molar-refractivity contribution is 0.0995. The molecule has 0 aliphatic rings. The number of anilines is 1. The molecule has 0 atom stereocenters. The van der Waals surface area contributed by atoms with Crippen LogP contribution in [-0.2, 0) is 6.42 Å². The highest BCUT2D eigenvalue weighted by Crippen LogP contribution is 2.14. The normalized spacial score (nSPS) is 10.4. The summed E-state index contributed by atoms with van der Waals surface area (Å²) in [5, 5.41) is 9.28.